The Bertz CT molecular complexity index is 540. The summed E-state index contributed by atoms with van der Waals surface area (Å²) in [6.07, 6.45) is 5.38. The summed E-state index contributed by atoms with van der Waals surface area (Å²) in [4.78, 5) is 0. The predicted molar refractivity (Wildman–Crippen MR) is 90.7 cm³/mol. The molecule has 2 heteroatoms. The van der Waals surface area contributed by atoms with Gasteiger partial charge in [0.1, 0.15) is 0 Å². The van der Waals surface area contributed by atoms with Crippen LogP contribution in [0.15, 0.2) is 60.7 Å². The fourth-order valence-electron chi connectivity index (χ4n) is 3.12. The molecule has 1 aliphatic rings. The standard InChI is InChI=1S/C20H25NO/c1-3-8-17(9-4-1)16-21-15-14-19-12-7-13-20(22-19)18-10-5-2-6-11-18/h1-6,8-11,19-21H,7,12-16H2/t19-,20+/m0/s1. The van der Waals surface area contributed by atoms with Crippen LogP contribution in [0.3, 0.4) is 0 Å². The van der Waals surface area contributed by atoms with Gasteiger partial charge in [0.05, 0.1) is 12.2 Å². The topological polar surface area (TPSA) is 21.3 Å². The van der Waals surface area contributed by atoms with Gasteiger partial charge in [0.25, 0.3) is 0 Å². The van der Waals surface area contributed by atoms with E-state index in [1.54, 1.807) is 0 Å². The van der Waals surface area contributed by atoms with Gasteiger partial charge in [-0.15, -0.1) is 0 Å². The van der Waals surface area contributed by atoms with E-state index in [1.807, 2.05) is 0 Å². The van der Waals surface area contributed by atoms with Crippen LogP contribution in [0, 0.1) is 0 Å². The summed E-state index contributed by atoms with van der Waals surface area (Å²) < 4.78 is 6.28. The minimum atomic E-state index is 0.286. The number of ether oxygens (including phenoxy) is 1. The maximum absolute atomic E-state index is 6.28. The Balaban J connectivity index is 1.41. The lowest BCUT2D eigenvalue weighted by Gasteiger charge is -2.30. The van der Waals surface area contributed by atoms with E-state index in [0.29, 0.717) is 6.10 Å². The fraction of sp³-hybridized carbons (Fsp3) is 0.400. The molecule has 22 heavy (non-hydrogen) atoms. The van der Waals surface area contributed by atoms with Crippen molar-refractivity contribution in [1.29, 1.82) is 0 Å². The number of benzene rings is 2. The Kier molecular flexibility index (Phi) is 5.63. The van der Waals surface area contributed by atoms with Crippen LogP contribution in [0.5, 0.6) is 0 Å². The van der Waals surface area contributed by atoms with Gasteiger partial charge in [-0.05, 0) is 43.4 Å². The lowest BCUT2D eigenvalue weighted by Crippen LogP contribution is -2.27. The molecule has 0 spiro atoms. The first-order valence-electron chi connectivity index (χ1n) is 8.37. The SMILES string of the molecule is c1ccc(CNCC[C@@H]2CCC[C@H](c3ccccc3)O2)cc1. The molecular weight excluding hydrogens is 270 g/mol. The van der Waals surface area contributed by atoms with E-state index in [9.17, 15) is 0 Å². The summed E-state index contributed by atoms with van der Waals surface area (Å²) in [5, 5.41) is 3.52. The molecule has 2 nitrogen and oxygen atoms in total. The van der Waals surface area contributed by atoms with Gasteiger partial charge < -0.3 is 10.1 Å². The van der Waals surface area contributed by atoms with E-state index in [0.717, 1.165) is 25.9 Å². The summed E-state index contributed by atoms with van der Waals surface area (Å²) in [6, 6.07) is 21.2. The third kappa shape index (κ3) is 4.43. The molecule has 1 N–H and O–H groups in total. The van der Waals surface area contributed by atoms with Gasteiger partial charge >= 0.3 is 0 Å². The van der Waals surface area contributed by atoms with Crippen LogP contribution in [0.25, 0.3) is 0 Å². The molecule has 3 rings (SSSR count). The van der Waals surface area contributed by atoms with Gasteiger partial charge in [0.2, 0.25) is 0 Å². The van der Waals surface area contributed by atoms with Crippen LogP contribution < -0.4 is 5.32 Å². The molecule has 1 fully saturated rings. The zero-order valence-electron chi connectivity index (χ0n) is 13.1. The van der Waals surface area contributed by atoms with Crippen LogP contribution in [0.1, 0.15) is 42.9 Å². The molecule has 2 aromatic rings. The first kappa shape index (κ1) is 15.3. The van der Waals surface area contributed by atoms with Crippen molar-refractivity contribution in [2.45, 2.75) is 44.4 Å². The summed E-state index contributed by atoms with van der Waals surface area (Å²) in [6.45, 7) is 1.96. The molecule has 0 aliphatic carbocycles. The van der Waals surface area contributed by atoms with Gasteiger partial charge in [-0.3, -0.25) is 0 Å². The summed E-state index contributed by atoms with van der Waals surface area (Å²) in [5.41, 5.74) is 2.67. The predicted octanol–water partition coefficient (Wildman–Crippen LogP) is 4.48. The molecule has 116 valence electrons. The van der Waals surface area contributed by atoms with E-state index in [2.05, 4.69) is 66.0 Å². The number of hydrogen-bond acceptors (Lipinski definition) is 2. The summed E-state index contributed by atoms with van der Waals surface area (Å²) in [7, 11) is 0. The van der Waals surface area contributed by atoms with Crippen LogP contribution in [-0.2, 0) is 11.3 Å². The van der Waals surface area contributed by atoms with Crippen LogP contribution in [0.4, 0.5) is 0 Å². The second kappa shape index (κ2) is 8.11. The molecule has 1 heterocycles. The minimum Gasteiger partial charge on any atom is -0.370 e. The third-order valence-corrected chi connectivity index (χ3v) is 4.34. The van der Waals surface area contributed by atoms with E-state index >= 15 is 0 Å². The van der Waals surface area contributed by atoms with Crippen molar-refractivity contribution >= 4 is 0 Å². The van der Waals surface area contributed by atoms with E-state index < -0.39 is 0 Å². The summed E-state index contributed by atoms with van der Waals surface area (Å²) >= 11 is 0. The largest absolute Gasteiger partial charge is 0.370 e. The average molecular weight is 295 g/mol. The second-order valence-electron chi connectivity index (χ2n) is 6.04. The molecule has 0 amide bonds. The number of rotatable bonds is 6. The lowest BCUT2D eigenvalue weighted by molar-refractivity contribution is -0.0544. The fourth-order valence-corrected chi connectivity index (χ4v) is 3.12. The number of hydrogen-bond donors (Lipinski definition) is 1. The quantitative estimate of drug-likeness (QED) is 0.794. The van der Waals surface area contributed by atoms with Crippen LogP contribution >= 0.6 is 0 Å². The van der Waals surface area contributed by atoms with Gasteiger partial charge in [0.15, 0.2) is 0 Å². The molecule has 0 radical (unpaired) electrons. The van der Waals surface area contributed by atoms with Crippen molar-refractivity contribution < 1.29 is 4.74 Å². The Labute approximate surface area is 133 Å². The summed E-state index contributed by atoms with van der Waals surface area (Å²) in [5.74, 6) is 0. The Morgan fingerprint density at radius 3 is 2.41 bits per heavy atom. The molecule has 0 aromatic heterocycles. The van der Waals surface area contributed by atoms with Crippen LogP contribution in [0.2, 0.25) is 0 Å². The maximum Gasteiger partial charge on any atom is 0.0828 e. The van der Waals surface area contributed by atoms with Crippen molar-refractivity contribution in [3.8, 4) is 0 Å². The van der Waals surface area contributed by atoms with Crippen LogP contribution in [-0.4, -0.2) is 12.6 Å². The highest BCUT2D eigenvalue weighted by Gasteiger charge is 2.22. The van der Waals surface area contributed by atoms with Crippen molar-refractivity contribution in [3.05, 3.63) is 71.8 Å². The van der Waals surface area contributed by atoms with Gasteiger partial charge in [-0.1, -0.05) is 60.7 Å². The second-order valence-corrected chi connectivity index (χ2v) is 6.04. The highest BCUT2D eigenvalue weighted by atomic mass is 16.5. The Morgan fingerprint density at radius 2 is 1.64 bits per heavy atom. The molecule has 0 unspecified atom stereocenters. The zero-order valence-corrected chi connectivity index (χ0v) is 13.1. The molecular formula is C20H25NO. The monoisotopic (exact) mass is 295 g/mol. The van der Waals surface area contributed by atoms with E-state index in [4.69, 9.17) is 4.74 Å². The highest BCUT2D eigenvalue weighted by Crippen LogP contribution is 2.31. The lowest BCUT2D eigenvalue weighted by atomic mass is 9.97. The molecule has 2 atom stereocenters. The first-order valence-corrected chi connectivity index (χ1v) is 8.37. The molecule has 2 aromatic carbocycles. The van der Waals surface area contributed by atoms with Crippen molar-refractivity contribution in [2.75, 3.05) is 6.54 Å². The van der Waals surface area contributed by atoms with E-state index in [-0.39, 0.29) is 6.10 Å². The Morgan fingerprint density at radius 1 is 0.909 bits per heavy atom. The zero-order chi connectivity index (χ0) is 15.0. The molecule has 0 bridgehead atoms. The molecule has 1 aliphatic heterocycles. The molecule has 1 saturated heterocycles. The third-order valence-electron chi connectivity index (χ3n) is 4.34. The van der Waals surface area contributed by atoms with Gasteiger partial charge in [0, 0.05) is 6.54 Å². The van der Waals surface area contributed by atoms with Crippen molar-refractivity contribution in [2.24, 2.45) is 0 Å². The van der Waals surface area contributed by atoms with Gasteiger partial charge in [-0.2, -0.15) is 0 Å². The highest BCUT2D eigenvalue weighted by molar-refractivity contribution is 5.18. The van der Waals surface area contributed by atoms with Gasteiger partial charge in [-0.25, -0.2) is 0 Å². The average Bonchev–Trinajstić information content (AvgIpc) is 2.61. The first-order chi connectivity index (χ1) is 10.9. The minimum absolute atomic E-state index is 0.286. The van der Waals surface area contributed by atoms with Crippen molar-refractivity contribution in [3.63, 3.8) is 0 Å². The molecule has 0 saturated carbocycles. The van der Waals surface area contributed by atoms with Crippen molar-refractivity contribution in [1.82, 2.24) is 5.32 Å². The normalized spacial score (nSPS) is 21.6. The van der Waals surface area contributed by atoms with E-state index in [1.165, 1.54) is 24.0 Å². The number of nitrogens with one attached hydrogen (secondary N) is 1. The smallest absolute Gasteiger partial charge is 0.0828 e. The maximum atomic E-state index is 6.28. The Hall–Kier alpha value is -1.64.